The van der Waals surface area contributed by atoms with Gasteiger partial charge in [0.15, 0.2) is 37.7 Å². The van der Waals surface area contributed by atoms with Crippen molar-refractivity contribution in [3.8, 4) is 0 Å². The van der Waals surface area contributed by atoms with Gasteiger partial charge < -0.3 is 151 Å². The predicted molar refractivity (Wildman–Crippen MR) is 297 cm³/mol. The van der Waals surface area contributed by atoms with Crippen LogP contribution in [0.15, 0.2) is 12.7 Å². The Morgan fingerprint density at radius 2 is 0.629 bits per heavy atom. The average molecular weight is 1290 g/mol. The molecule has 0 radical (unpaired) electrons. The Balaban J connectivity index is 1.36. The monoisotopic (exact) mass is 1290 g/mol. The van der Waals surface area contributed by atoms with Gasteiger partial charge >= 0.3 is 0 Å². The van der Waals surface area contributed by atoms with Gasteiger partial charge in [0.1, 0.15) is 80.0 Å². The lowest BCUT2D eigenvalue weighted by molar-refractivity contribution is -0.401. The van der Waals surface area contributed by atoms with Gasteiger partial charge in [-0.1, -0.05) is 6.58 Å². The van der Waals surface area contributed by atoms with E-state index in [1.165, 1.54) is 56.9 Å². The van der Waals surface area contributed by atoms with Crippen LogP contribution in [-0.2, 0) is 104 Å². The molecule has 22 aliphatic rings. The number of carbonyl (C=O) groups excluding carboxylic acids is 1. The van der Waals surface area contributed by atoms with Gasteiger partial charge in [0.05, 0.1) is 76.3 Å². The fourth-order valence-corrected chi connectivity index (χ4v) is 13.7. The molecule has 22 aliphatic heterocycles. The normalized spacial score (nSPS) is 44.0. The lowest BCUT2D eigenvalue weighted by Gasteiger charge is -2.54. The minimum atomic E-state index is -1.46. The zero-order valence-corrected chi connectivity index (χ0v) is 51.9. The topological polar surface area (TPSA) is 405 Å². The van der Waals surface area contributed by atoms with E-state index < -0.39 is 248 Å². The predicted octanol–water partition coefficient (Wildman–Crippen LogP) is -4.88. The highest BCUT2D eigenvalue weighted by molar-refractivity contribution is 5.86. The van der Waals surface area contributed by atoms with Gasteiger partial charge in [0.2, 0.25) is 5.91 Å². The van der Waals surface area contributed by atoms with Crippen molar-refractivity contribution in [2.45, 2.75) is 167 Å². The van der Waals surface area contributed by atoms with Crippen LogP contribution >= 0.6 is 0 Å². The highest BCUT2D eigenvalue weighted by Gasteiger charge is 2.60. The van der Waals surface area contributed by atoms with Gasteiger partial charge in [-0.2, -0.15) is 0 Å². The molecule has 30 atom stereocenters. The number of hydrogen-bond acceptors (Lipinski definition) is 31. The van der Waals surface area contributed by atoms with Crippen molar-refractivity contribution in [1.82, 2.24) is 5.32 Å². The summed E-state index contributed by atoms with van der Waals surface area (Å²) in [6.07, 6.45) is -27.8. The molecule has 32 nitrogen and oxygen atoms in total. The molecule has 22 fully saturated rings. The lowest BCUT2D eigenvalue weighted by Crippen LogP contribution is -2.68. The molecule has 89 heavy (non-hydrogen) atoms. The van der Waals surface area contributed by atoms with Crippen LogP contribution in [0.3, 0.4) is 0 Å². The summed E-state index contributed by atoms with van der Waals surface area (Å²) in [6.45, 7) is -2.80. The summed E-state index contributed by atoms with van der Waals surface area (Å²) >= 11 is 0. The van der Waals surface area contributed by atoms with E-state index in [9.17, 15) is 50.8 Å². The maximum absolute atomic E-state index is 12.2. The van der Waals surface area contributed by atoms with E-state index in [2.05, 4.69) is 11.9 Å². The van der Waals surface area contributed by atoms with Gasteiger partial charge in [0, 0.05) is 132 Å². The molecule has 1 amide bonds. The zero-order chi connectivity index (χ0) is 64.5. The molecule has 0 aliphatic carbocycles. The molecule has 32 heteroatoms. The van der Waals surface area contributed by atoms with Gasteiger partial charge in [-0.05, 0) is 25.3 Å². The number of amides is 1. The molecule has 0 aromatic heterocycles. The van der Waals surface area contributed by atoms with Crippen LogP contribution in [0, 0.1) is 35.5 Å². The van der Waals surface area contributed by atoms with Crippen molar-refractivity contribution < 1.29 is 150 Å². The summed E-state index contributed by atoms with van der Waals surface area (Å²) in [4.78, 5) is 12.2. The fraction of sp³-hybridized carbons (Fsp3) is 0.947. The smallest absolute Gasteiger partial charge is 0.245 e. The number of rotatable bonds is 27. The van der Waals surface area contributed by atoms with Crippen LogP contribution in [0.25, 0.3) is 0 Å². The van der Waals surface area contributed by atoms with E-state index >= 15 is 0 Å². The molecule has 10 N–H and O–H groups in total. The van der Waals surface area contributed by atoms with E-state index in [-0.39, 0.29) is 45.8 Å². The third-order valence-electron chi connectivity index (χ3n) is 18.1. The number of aliphatic hydroxyl groups is 9. The zero-order valence-electron chi connectivity index (χ0n) is 51.9. The maximum Gasteiger partial charge on any atom is 0.245 e. The molecule has 518 valence electrons. The second kappa shape index (κ2) is 36.8. The van der Waals surface area contributed by atoms with Crippen molar-refractivity contribution in [2.24, 2.45) is 35.5 Å². The quantitative estimate of drug-likeness (QED) is 0.0209. The third-order valence-corrected chi connectivity index (χ3v) is 18.1. The number of ether oxygens (including phenoxy) is 21. The summed E-state index contributed by atoms with van der Waals surface area (Å²) in [5.74, 6) is -7.01. The molecule has 0 aromatic rings. The van der Waals surface area contributed by atoms with Crippen molar-refractivity contribution in [2.75, 3.05) is 143 Å². The minimum Gasteiger partial charge on any atom is -0.396 e. The molecule has 22 rings (SSSR count). The summed E-state index contributed by atoms with van der Waals surface area (Å²) in [6, 6.07) is 0. The Morgan fingerprint density at radius 3 is 0.899 bits per heavy atom. The van der Waals surface area contributed by atoms with Crippen LogP contribution in [-0.4, -0.2) is 342 Å². The molecular weight excluding hydrogens is 1190 g/mol. The van der Waals surface area contributed by atoms with Gasteiger partial charge in [0.25, 0.3) is 0 Å². The second-order valence-electron chi connectivity index (χ2n) is 22.9. The van der Waals surface area contributed by atoms with Crippen LogP contribution < -0.4 is 5.32 Å². The van der Waals surface area contributed by atoms with Crippen LogP contribution in [0.2, 0.25) is 0 Å². The average Bonchev–Trinajstić information content (AvgIpc) is 0.866. The van der Waals surface area contributed by atoms with Gasteiger partial charge in [-0.15, -0.1) is 0 Å². The van der Waals surface area contributed by atoms with Crippen LogP contribution in [0.1, 0.15) is 19.3 Å². The first-order valence-corrected chi connectivity index (χ1v) is 30.2. The van der Waals surface area contributed by atoms with E-state index in [0.717, 1.165) is 6.08 Å². The molecule has 22 saturated heterocycles. The number of nitrogens with one attached hydrogen (secondary N) is 1. The van der Waals surface area contributed by atoms with E-state index in [1.54, 1.807) is 0 Å². The highest BCUT2D eigenvalue weighted by Crippen LogP contribution is 2.45. The Labute approximate surface area is 518 Å². The van der Waals surface area contributed by atoms with E-state index in [0.29, 0.717) is 0 Å². The van der Waals surface area contributed by atoms with Crippen LogP contribution in [0.4, 0.5) is 0 Å². The first-order valence-electron chi connectivity index (χ1n) is 30.2. The van der Waals surface area contributed by atoms with Gasteiger partial charge in [-0.25, -0.2) is 0 Å². The maximum atomic E-state index is 12.2. The Bertz CT molecular complexity index is 2020. The first kappa shape index (κ1) is 74.4. The molecule has 0 aromatic carbocycles. The first-order chi connectivity index (χ1) is 43.3. The second-order valence-corrected chi connectivity index (χ2v) is 22.9. The fourth-order valence-electron chi connectivity index (χ4n) is 13.7. The summed E-state index contributed by atoms with van der Waals surface area (Å²) < 4.78 is 135. The summed E-state index contributed by atoms with van der Waals surface area (Å²) in [7, 11) is 11.2. The minimum absolute atomic E-state index is 0.0527. The number of hydrogen-bond donors (Lipinski definition) is 10. The third kappa shape index (κ3) is 16.8. The SMILES string of the molecule is C=CC(=O)NCOCC1OC2OC3C(COC)OC(OC4C(COC)OC(OC5C(CCO)OC(OC6C(CCO)OC(OC7C(CCO)OC(OC1C(CO)C2CO)C(OC)C7OC)C(OC)C6OC)C(OC)C5OC)C(CO)C4CO)C(CO)C3CO. The number of carbonyl (C=O) groups is 1. The van der Waals surface area contributed by atoms with Crippen molar-refractivity contribution in [3.63, 3.8) is 0 Å². The van der Waals surface area contributed by atoms with E-state index in [1.807, 2.05) is 0 Å². The standard InChI is InChI=1S/C57H99NO31/c1-10-39(68)58-26-77-25-38-42-29(19-64)31(21-66)53(83-38)85-40-27(17-62)30(20-65)52(81-36(40)23-69-2)84-41-28(18-63)32(22-67)54(82-37(41)24-70-3)87-43-33(11-14-59)79-56(50(75-8)46(43)71-4)89-45-35(13-16-61)80-57(51(76-9)48(45)73-6)88-44-34(12-15-60)78-55(86-42)49(74-7)47(44)72-5/h10,27-38,40-57,59-67H,1,11-26H2,2-9H3,(H,58,68). The van der Waals surface area contributed by atoms with Crippen molar-refractivity contribution in [3.05, 3.63) is 12.7 Å². The Morgan fingerprint density at radius 1 is 0.360 bits per heavy atom. The number of aliphatic hydroxyl groups excluding tert-OH is 9. The van der Waals surface area contributed by atoms with Crippen molar-refractivity contribution in [1.29, 1.82) is 0 Å². The van der Waals surface area contributed by atoms with Gasteiger partial charge in [-0.3, -0.25) is 4.79 Å². The molecule has 30 unspecified atom stereocenters. The largest absolute Gasteiger partial charge is 0.396 e. The molecule has 0 spiro atoms. The lowest BCUT2D eigenvalue weighted by atomic mass is 9.80. The van der Waals surface area contributed by atoms with E-state index in [4.69, 9.17) is 99.5 Å². The summed E-state index contributed by atoms with van der Waals surface area (Å²) in [5.41, 5.74) is 0. The molecule has 22 heterocycles. The molecule has 12 bridgehead atoms. The Hall–Kier alpha value is -1.99. The number of methoxy groups -OCH3 is 8. The highest BCUT2D eigenvalue weighted by atomic mass is 16.8. The summed E-state index contributed by atoms with van der Waals surface area (Å²) in [5, 5.41) is 102. The molecular formula is C57H99NO31. The molecule has 0 saturated carbocycles. The van der Waals surface area contributed by atoms with Crippen LogP contribution in [0.5, 0.6) is 0 Å². The Kier molecular flexibility index (Phi) is 30.7. The van der Waals surface area contributed by atoms with Crippen molar-refractivity contribution >= 4 is 5.91 Å².